The van der Waals surface area contributed by atoms with E-state index in [-0.39, 0.29) is 5.91 Å². The summed E-state index contributed by atoms with van der Waals surface area (Å²) in [6.07, 6.45) is 7.58. The number of benzene rings is 2. The first-order valence-corrected chi connectivity index (χ1v) is 10.1. The van der Waals surface area contributed by atoms with E-state index in [9.17, 15) is 4.79 Å². The summed E-state index contributed by atoms with van der Waals surface area (Å²) < 4.78 is 0. The largest absolute Gasteiger partial charge is 0.325 e. The van der Waals surface area contributed by atoms with Crippen LogP contribution in [0.5, 0.6) is 0 Å². The van der Waals surface area contributed by atoms with Gasteiger partial charge >= 0.3 is 0 Å². The van der Waals surface area contributed by atoms with Crippen molar-refractivity contribution >= 4 is 22.4 Å². The molecular formula is C24H25N3O. The van der Waals surface area contributed by atoms with Crippen LogP contribution in [0.3, 0.4) is 0 Å². The van der Waals surface area contributed by atoms with E-state index >= 15 is 0 Å². The number of nitrogens with one attached hydrogen (secondary N) is 1. The molecule has 3 aromatic rings. The number of fused-ring (bicyclic) bond motifs is 3. The lowest BCUT2D eigenvalue weighted by Crippen LogP contribution is -2.38. The molecule has 1 saturated heterocycles. The zero-order chi connectivity index (χ0) is 19.1. The number of hydrogen-bond donors (Lipinski definition) is 1. The molecule has 1 N–H and O–H groups in total. The molecule has 0 radical (unpaired) electrons. The van der Waals surface area contributed by atoms with E-state index in [0.717, 1.165) is 34.7 Å². The maximum atomic E-state index is 12.6. The van der Waals surface area contributed by atoms with Gasteiger partial charge in [0.25, 0.3) is 0 Å². The number of aromatic nitrogens is 1. The summed E-state index contributed by atoms with van der Waals surface area (Å²) in [5, 5.41) is 5.41. The number of nitrogens with zero attached hydrogens (tertiary/aromatic N) is 2. The van der Waals surface area contributed by atoms with E-state index in [4.69, 9.17) is 0 Å². The highest BCUT2D eigenvalue weighted by Gasteiger charge is 2.38. The molecule has 1 aliphatic carbocycles. The van der Waals surface area contributed by atoms with Gasteiger partial charge in [-0.3, -0.25) is 14.7 Å². The van der Waals surface area contributed by atoms with E-state index in [1.165, 1.54) is 30.2 Å². The summed E-state index contributed by atoms with van der Waals surface area (Å²) in [5.41, 5.74) is 4.34. The third-order valence-corrected chi connectivity index (χ3v) is 6.34. The molecule has 2 atom stereocenters. The van der Waals surface area contributed by atoms with Crippen molar-refractivity contribution < 1.29 is 4.79 Å². The fourth-order valence-electron chi connectivity index (χ4n) is 4.87. The van der Waals surface area contributed by atoms with Gasteiger partial charge in [0.15, 0.2) is 0 Å². The zero-order valence-electron chi connectivity index (χ0n) is 16.2. The van der Waals surface area contributed by atoms with Gasteiger partial charge in [0, 0.05) is 36.1 Å². The highest BCUT2D eigenvalue weighted by Crippen LogP contribution is 2.37. The molecule has 142 valence electrons. The number of amides is 1. The highest BCUT2D eigenvalue weighted by molar-refractivity contribution is 5.94. The second-order valence-corrected chi connectivity index (χ2v) is 8.28. The van der Waals surface area contributed by atoms with Crippen LogP contribution in [0.1, 0.15) is 24.8 Å². The number of aryl methyl sites for hydroxylation is 1. The quantitative estimate of drug-likeness (QED) is 0.727. The summed E-state index contributed by atoms with van der Waals surface area (Å²) in [7, 11) is 0. The Morgan fingerprint density at radius 1 is 1.14 bits per heavy atom. The van der Waals surface area contributed by atoms with Crippen LogP contribution in [0, 0.1) is 12.8 Å². The third kappa shape index (κ3) is 3.29. The second kappa shape index (κ2) is 7.02. The molecule has 1 amide bonds. The minimum atomic E-state index is 0.0880. The van der Waals surface area contributed by atoms with E-state index in [1.54, 1.807) is 0 Å². The Morgan fingerprint density at radius 2 is 2.07 bits per heavy atom. The molecule has 2 bridgehead atoms. The maximum absolute atomic E-state index is 12.6. The Hall–Kier alpha value is -2.72. The van der Waals surface area contributed by atoms with Crippen molar-refractivity contribution in [2.45, 2.75) is 32.2 Å². The van der Waals surface area contributed by atoms with Crippen LogP contribution in [-0.2, 0) is 4.79 Å². The first-order valence-electron chi connectivity index (χ1n) is 10.1. The molecule has 1 saturated carbocycles. The predicted molar refractivity (Wildman–Crippen MR) is 113 cm³/mol. The van der Waals surface area contributed by atoms with Gasteiger partial charge in [-0.1, -0.05) is 18.2 Å². The van der Waals surface area contributed by atoms with Crippen molar-refractivity contribution in [2.75, 3.05) is 18.4 Å². The predicted octanol–water partition coefficient (Wildman–Crippen LogP) is 4.63. The zero-order valence-corrected chi connectivity index (χ0v) is 16.2. The molecule has 2 unspecified atom stereocenters. The van der Waals surface area contributed by atoms with Crippen LogP contribution in [0.15, 0.2) is 54.9 Å². The smallest absolute Gasteiger partial charge is 0.238 e. The van der Waals surface area contributed by atoms with Crippen molar-refractivity contribution in [2.24, 2.45) is 5.92 Å². The van der Waals surface area contributed by atoms with Gasteiger partial charge in [-0.15, -0.1) is 0 Å². The number of carbonyl (C=O) groups is 1. The van der Waals surface area contributed by atoms with Gasteiger partial charge in [-0.25, -0.2) is 0 Å². The Morgan fingerprint density at radius 3 is 2.89 bits per heavy atom. The molecule has 4 heteroatoms. The SMILES string of the molecule is Cc1ccc(NC(=O)CN2CC3CCC2C3)cc1-c1ccc2ccncc2c1. The average Bonchev–Trinajstić information content (AvgIpc) is 3.32. The molecule has 28 heavy (non-hydrogen) atoms. The molecule has 2 fully saturated rings. The van der Waals surface area contributed by atoms with Crippen molar-refractivity contribution in [3.05, 3.63) is 60.4 Å². The first-order chi connectivity index (χ1) is 13.7. The number of likely N-dealkylation sites (tertiary alicyclic amines) is 1. The topological polar surface area (TPSA) is 45.2 Å². The summed E-state index contributed by atoms with van der Waals surface area (Å²) in [6, 6.07) is 15.2. The molecule has 2 aliphatic rings. The van der Waals surface area contributed by atoms with Gasteiger partial charge in [0.1, 0.15) is 0 Å². The van der Waals surface area contributed by atoms with Crippen molar-refractivity contribution in [1.29, 1.82) is 0 Å². The monoisotopic (exact) mass is 371 g/mol. The lowest BCUT2D eigenvalue weighted by molar-refractivity contribution is -0.117. The lowest BCUT2D eigenvalue weighted by atomic mass is 9.98. The average molecular weight is 371 g/mol. The fourth-order valence-corrected chi connectivity index (χ4v) is 4.87. The second-order valence-electron chi connectivity index (χ2n) is 8.28. The first kappa shape index (κ1) is 17.4. The maximum Gasteiger partial charge on any atom is 0.238 e. The molecular weight excluding hydrogens is 346 g/mol. The highest BCUT2D eigenvalue weighted by atomic mass is 16.2. The van der Waals surface area contributed by atoms with E-state index < -0.39 is 0 Å². The fraction of sp³-hybridized carbons (Fsp3) is 0.333. The van der Waals surface area contributed by atoms with Gasteiger partial charge < -0.3 is 5.32 Å². The normalized spacial score (nSPS) is 21.3. The van der Waals surface area contributed by atoms with Gasteiger partial charge in [-0.05, 0) is 78.4 Å². The van der Waals surface area contributed by atoms with Crippen LogP contribution in [0.25, 0.3) is 21.9 Å². The number of rotatable bonds is 4. The molecule has 1 aromatic heterocycles. The third-order valence-electron chi connectivity index (χ3n) is 6.34. The summed E-state index contributed by atoms with van der Waals surface area (Å²) >= 11 is 0. The Bertz CT molecular complexity index is 1040. The number of hydrogen-bond acceptors (Lipinski definition) is 3. The minimum Gasteiger partial charge on any atom is -0.325 e. The number of anilines is 1. The van der Waals surface area contributed by atoms with Crippen LogP contribution in [-0.4, -0.2) is 34.9 Å². The molecule has 5 rings (SSSR count). The molecule has 1 aliphatic heterocycles. The van der Waals surface area contributed by atoms with E-state index in [2.05, 4.69) is 52.5 Å². The summed E-state index contributed by atoms with van der Waals surface area (Å²) in [5.74, 6) is 0.899. The van der Waals surface area contributed by atoms with Crippen LogP contribution in [0.2, 0.25) is 0 Å². The van der Waals surface area contributed by atoms with E-state index in [1.807, 2.05) is 24.5 Å². The van der Waals surface area contributed by atoms with Gasteiger partial charge in [-0.2, -0.15) is 0 Å². The minimum absolute atomic E-state index is 0.0880. The molecule has 0 spiro atoms. The van der Waals surface area contributed by atoms with Gasteiger partial charge in [0.2, 0.25) is 5.91 Å². The number of pyridine rings is 1. The Kier molecular flexibility index (Phi) is 4.36. The van der Waals surface area contributed by atoms with Crippen molar-refractivity contribution in [1.82, 2.24) is 9.88 Å². The van der Waals surface area contributed by atoms with Crippen LogP contribution < -0.4 is 5.32 Å². The van der Waals surface area contributed by atoms with Crippen LogP contribution >= 0.6 is 0 Å². The summed E-state index contributed by atoms with van der Waals surface area (Å²) in [6.45, 7) is 3.70. The van der Waals surface area contributed by atoms with Crippen LogP contribution in [0.4, 0.5) is 5.69 Å². The van der Waals surface area contributed by atoms with Crippen molar-refractivity contribution in [3.8, 4) is 11.1 Å². The lowest BCUT2D eigenvalue weighted by Gasteiger charge is -2.25. The van der Waals surface area contributed by atoms with E-state index in [0.29, 0.717) is 12.6 Å². The van der Waals surface area contributed by atoms with Gasteiger partial charge in [0.05, 0.1) is 6.54 Å². The standard InChI is InChI=1S/C24H25N3O/c1-16-2-6-21(26-24(28)15-27-14-17-3-7-22(27)10-17)12-23(16)19-5-4-18-8-9-25-13-20(18)11-19/h2,4-6,8-9,11-13,17,22H,3,7,10,14-15H2,1H3,(H,26,28). The molecule has 4 nitrogen and oxygen atoms in total. The summed E-state index contributed by atoms with van der Waals surface area (Å²) in [4.78, 5) is 19.2. The Balaban J connectivity index is 1.35. The molecule has 2 heterocycles. The number of carbonyl (C=O) groups excluding carboxylic acids is 1. The molecule has 2 aromatic carbocycles. The van der Waals surface area contributed by atoms with Crippen molar-refractivity contribution in [3.63, 3.8) is 0 Å². The Labute approximate surface area is 165 Å². The number of piperidine rings is 1.